The molecular weight excluding hydrogens is 476 g/mol. The highest BCUT2D eigenvalue weighted by Crippen LogP contribution is 2.49. The van der Waals surface area contributed by atoms with Gasteiger partial charge in [0.25, 0.3) is 0 Å². The van der Waals surface area contributed by atoms with Gasteiger partial charge in [0.2, 0.25) is 11.8 Å². The lowest BCUT2D eigenvalue weighted by Gasteiger charge is -2.48. The SMILES string of the molecule is CN(C)C(=O)C1CCC(CN2C(C(=O)NC3CCC(N)CC3)CC3CCC(C(=N)N)CC32)C2CCCCC12. The third-order valence-corrected chi connectivity index (χ3v) is 11.2. The molecule has 214 valence electrons. The van der Waals surface area contributed by atoms with Crippen LogP contribution in [0.4, 0.5) is 0 Å². The number of likely N-dealkylation sites (tertiary alicyclic amines) is 1. The lowest BCUT2D eigenvalue weighted by molar-refractivity contribution is -0.139. The first-order chi connectivity index (χ1) is 18.2. The zero-order valence-electron chi connectivity index (χ0n) is 23.7. The van der Waals surface area contributed by atoms with Gasteiger partial charge in [-0.3, -0.25) is 19.9 Å². The Bertz CT molecular complexity index is 871. The zero-order valence-corrected chi connectivity index (χ0v) is 23.7. The Morgan fingerprint density at radius 3 is 2.32 bits per heavy atom. The lowest BCUT2D eigenvalue weighted by Crippen LogP contribution is -2.54. The molecule has 6 N–H and O–H groups in total. The molecule has 0 aromatic rings. The molecule has 0 bridgehead atoms. The van der Waals surface area contributed by atoms with E-state index in [4.69, 9.17) is 16.9 Å². The Hall–Kier alpha value is -1.67. The summed E-state index contributed by atoms with van der Waals surface area (Å²) in [4.78, 5) is 31.2. The number of nitrogens with two attached hydrogens (primary N) is 2. The van der Waals surface area contributed by atoms with Gasteiger partial charge >= 0.3 is 0 Å². The highest BCUT2D eigenvalue weighted by molar-refractivity contribution is 5.83. The summed E-state index contributed by atoms with van der Waals surface area (Å²) in [5.74, 6) is 3.21. The summed E-state index contributed by atoms with van der Waals surface area (Å²) in [6.45, 7) is 0.948. The second kappa shape index (κ2) is 11.8. The van der Waals surface area contributed by atoms with E-state index in [1.165, 1.54) is 19.3 Å². The number of carbonyl (C=O) groups excluding carboxylic acids is 2. The summed E-state index contributed by atoms with van der Waals surface area (Å²) < 4.78 is 0. The van der Waals surface area contributed by atoms with Gasteiger partial charge < -0.3 is 21.7 Å². The summed E-state index contributed by atoms with van der Waals surface area (Å²) >= 11 is 0. The first-order valence-electron chi connectivity index (χ1n) is 15.6. The maximum atomic E-state index is 13.8. The predicted octanol–water partition coefficient (Wildman–Crippen LogP) is 3.09. The first-order valence-corrected chi connectivity index (χ1v) is 15.6. The topological polar surface area (TPSA) is 129 Å². The van der Waals surface area contributed by atoms with Gasteiger partial charge in [-0.05, 0) is 101 Å². The van der Waals surface area contributed by atoms with Crippen LogP contribution in [0.25, 0.3) is 0 Å². The van der Waals surface area contributed by atoms with Crippen LogP contribution in [0.3, 0.4) is 0 Å². The monoisotopic (exact) mass is 528 g/mol. The molecule has 1 saturated heterocycles. The van der Waals surface area contributed by atoms with Gasteiger partial charge in [0.1, 0.15) is 0 Å². The maximum Gasteiger partial charge on any atom is 0.237 e. The number of fused-ring (bicyclic) bond motifs is 2. The number of nitrogens with zero attached hydrogens (tertiary/aromatic N) is 2. The van der Waals surface area contributed by atoms with Crippen LogP contribution in [-0.4, -0.2) is 72.3 Å². The molecule has 38 heavy (non-hydrogen) atoms. The van der Waals surface area contributed by atoms with Crippen LogP contribution in [0.1, 0.15) is 89.9 Å². The van der Waals surface area contributed by atoms with Crippen molar-refractivity contribution in [3.8, 4) is 0 Å². The molecule has 5 aliphatic rings. The molecule has 5 fully saturated rings. The molecule has 1 aliphatic heterocycles. The molecule has 8 heteroatoms. The lowest BCUT2D eigenvalue weighted by atomic mass is 9.60. The largest absolute Gasteiger partial charge is 0.387 e. The van der Waals surface area contributed by atoms with Crippen LogP contribution in [0.5, 0.6) is 0 Å². The first kappa shape index (κ1) is 27.9. The Labute approximate surface area is 229 Å². The van der Waals surface area contributed by atoms with E-state index in [0.717, 1.165) is 77.2 Å². The molecule has 8 nitrogen and oxygen atoms in total. The van der Waals surface area contributed by atoms with Crippen LogP contribution < -0.4 is 16.8 Å². The molecule has 0 aromatic carbocycles. The van der Waals surface area contributed by atoms with Crippen LogP contribution in [0.15, 0.2) is 0 Å². The minimum atomic E-state index is -0.0884. The van der Waals surface area contributed by atoms with Crippen molar-refractivity contribution < 1.29 is 9.59 Å². The van der Waals surface area contributed by atoms with Crippen molar-refractivity contribution in [3.05, 3.63) is 0 Å². The molecule has 2 amide bonds. The predicted molar refractivity (Wildman–Crippen MR) is 150 cm³/mol. The number of carbonyl (C=O) groups is 2. The van der Waals surface area contributed by atoms with Crippen molar-refractivity contribution in [2.75, 3.05) is 20.6 Å². The van der Waals surface area contributed by atoms with E-state index >= 15 is 0 Å². The van der Waals surface area contributed by atoms with Crippen LogP contribution >= 0.6 is 0 Å². The molecule has 5 rings (SSSR count). The highest BCUT2D eigenvalue weighted by atomic mass is 16.2. The molecule has 8 atom stereocenters. The van der Waals surface area contributed by atoms with E-state index in [1.807, 2.05) is 14.1 Å². The third-order valence-electron chi connectivity index (χ3n) is 11.2. The van der Waals surface area contributed by atoms with Crippen molar-refractivity contribution in [3.63, 3.8) is 0 Å². The van der Waals surface area contributed by atoms with Crippen molar-refractivity contribution >= 4 is 17.6 Å². The van der Waals surface area contributed by atoms with E-state index in [0.29, 0.717) is 41.5 Å². The Morgan fingerprint density at radius 2 is 1.63 bits per heavy atom. The number of hydrogen-bond donors (Lipinski definition) is 4. The van der Waals surface area contributed by atoms with Gasteiger partial charge in [0, 0.05) is 50.6 Å². The van der Waals surface area contributed by atoms with Gasteiger partial charge in [-0.1, -0.05) is 12.8 Å². The fourth-order valence-corrected chi connectivity index (χ4v) is 9.14. The normalized spacial score (nSPS) is 41.6. The Morgan fingerprint density at radius 1 is 0.921 bits per heavy atom. The minimum Gasteiger partial charge on any atom is -0.387 e. The molecule has 0 aromatic heterocycles. The number of amidine groups is 1. The van der Waals surface area contributed by atoms with Crippen molar-refractivity contribution in [1.29, 1.82) is 5.41 Å². The molecular formula is C30H52N6O2. The molecule has 1 heterocycles. The summed E-state index contributed by atoms with van der Waals surface area (Å²) in [5.41, 5.74) is 12.1. The van der Waals surface area contributed by atoms with Crippen LogP contribution in [0, 0.1) is 40.9 Å². The fourth-order valence-electron chi connectivity index (χ4n) is 9.14. The van der Waals surface area contributed by atoms with E-state index in [2.05, 4.69) is 10.2 Å². The molecule has 8 unspecified atom stereocenters. The standard InChI is InChI=1S/C30H52N6O2/c1-35(2)30(38)25-14-9-20(23-5-3-4-6-24(23)25)17-36-26-16-19(28(32)33)8-7-18(26)15-27(36)29(37)34-22-12-10-21(31)11-13-22/h18-27H,3-17,31H2,1-2H3,(H3,32,33)(H,34,37). The Kier molecular flexibility index (Phi) is 8.68. The second-order valence-corrected chi connectivity index (χ2v) is 13.7. The van der Waals surface area contributed by atoms with Gasteiger partial charge in [-0.25, -0.2) is 0 Å². The Balaban J connectivity index is 1.33. The van der Waals surface area contributed by atoms with E-state index in [-0.39, 0.29) is 35.9 Å². The van der Waals surface area contributed by atoms with Crippen molar-refractivity contribution in [1.82, 2.24) is 15.1 Å². The summed E-state index contributed by atoms with van der Waals surface area (Å²) in [5, 5.41) is 11.6. The smallest absolute Gasteiger partial charge is 0.237 e. The highest BCUT2D eigenvalue weighted by Gasteiger charge is 2.50. The van der Waals surface area contributed by atoms with Gasteiger partial charge in [0.15, 0.2) is 0 Å². The molecule has 0 spiro atoms. The summed E-state index contributed by atoms with van der Waals surface area (Å²) in [7, 11) is 3.79. The summed E-state index contributed by atoms with van der Waals surface area (Å²) in [6.07, 6.45) is 14.7. The van der Waals surface area contributed by atoms with Gasteiger partial charge in [-0.15, -0.1) is 0 Å². The van der Waals surface area contributed by atoms with Gasteiger partial charge in [-0.2, -0.15) is 0 Å². The number of hydrogen-bond acceptors (Lipinski definition) is 5. The quantitative estimate of drug-likeness (QED) is 0.311. The second-order valence-electron chi connectivity index (χ2n) is 13.7. The molecule has 4 aliphatic carbocycles. The number of amides is 2. The average Bonchev–Trinajstić information content (AvgIpc) is 3.27. The fraction of sp³-hybridized carbons (Fsp3) is 0.900. The molecule has 0 radical (unpaired) electrons. The minimum absolute atomic E-state index is 0.0884. The number of rotatable bonds is 6. The number of nitrogens with one attached hydrogen (secondary N) is 2. The van der Waals surface area contributed by atoms with Gasteiger partial charge in [0.05, 0.1) is 11.9 Å². The zero-order chi connectivity index (χ0) is 27.0. The van der Waals surface area contributed by atoms with Crippen molar-refractivity contribution in [2.45, 2.75) is 114 Å². The molecule has 4 saturated carbocycles. The maximum absolute atomic E-state index is 13.8. The average molecular weight is 529 g/mol. The van der Waals surface area contributed by atoms with E-state index in [1.54, 1.807) is 4.90 Å². The van der Waals surface area contributed by atoms with Crippen LogP contribution in [0.2, 0.25) is 0 Å². The van der Waals surface area contributed by atoms with Crippen molar-refractivity contribution in [2.24, 2.45) is 47.0 Å². The van der Waals surface area contributed by atoms with Crippen LogP contribution in [-0.2, 0) is 9.59 Å². The van der Waals surface area contributed by atoms with E-state index in [9.17, 15) is 9.59 Å². The summed E-state index contributed by atoms with van der Waals surface area (Å²) in [6, 6.07) is 0.758. The van der Waals surface area contributed by atoms with E-state index < -0.39 is 0 Å². The third kappa shape index (κ3) is 5.77.